The smallest absolute Gasteiger partial charge is 0.387 e. The molecule has 0 radical (unpaired) electrons. The van der Waals surface area contributed by atoms with Crippen LogP contribution in [0.1, 0.15) is 24.1 Å². The quantitative estimate of drug-likeness (QED) is 0.811. The first kappa shape index (κ1) is 16.6. The highest BCUT2D eigenvalue weighted by Crippen LogP contribution is 2.23. The molecule has 0 saturated heterocycles. The third-order valence-corrected chi connectivity index (χ3v) is 3.52. The van der Waals surface area contributed by atoms with Gasteiger partial charge in [-0.25, -0.2) is 4.39 Å². The topological polar surface area (TPSA) is 21.3 Å². The maximum absolute atomic E-state index is 13.1. The monoisotopic (exact) mass is 329 g/mol. The number of halogens is 4. The number of hydrogen-bond acceptors (Lipinski definition) is 2. The van der Waals surface area contributed by atoms with Crippen LogP contribution in [0.25, 0.3) is 0 Å². The Balaban J connectivity index is 2.04. The van der Waals surface area contributed by atoms with Crippen molar-refractivity contribution >= 4 is 11.6 Å². The second-order valence-corrected chi connectivity index (χ2v) is 5.17. The molecule has 0 fully saturated rings. The minimum absolute atomic E-state index is 0.0487. The fraction of sp³-hybridized carbons (Fsp3) is 0.250. The molecule has 0 bridgehead atoms. The maximum Gasteiger partial charge on any atom is 0.387 e. The highest BCUT2D eigenvalue weighted by atomic mass is 35.5. The standard InChI is InChI=1S/C16H15ClF3NO/c1-10(11-6-7-14(18)13(17)8-11)21-9-12-4-2-3-5-15(12)22-16(19)20/h2-8,10,16,21H,9H2,1H3. The Morgan fingerprint density at radius 2 is 1.91 bits per heavy atom. The number of hydrogen-bond donors (Lipinski definition) is 1. The molecule has 22 heavy (non-hydrogen) atoms. The summed E-state index contributed by atoms with van der Waals surface area (Å²) in [7, 11) is 0. The van der Waals surface area contributed by atoms with Gasteiger partial charge >= 0.3 is 6.61 Å². The van der Waals surface area contributed by atoms with Crippen molar-refractivity contribution in [2.24, 2.45) is 0 Å². The fourth-order valence-electron chi connectivity index (χ4n) is 2.02. The first-order chi connectivity index (χ1) is 10.5. The summed E-state index contributed by atoms with van der Waals surface area (Å²) in [4.78, 5) is 0. The van der Waals surface area contributed by atoms with Gasteiger partial charge in [-0.1, -0.05) is 35.9 Å². The van der Waals surface area contributed by atoms with Gasteiger partial charge in [0.15, 0.2) is 0 Å². The lowest BCUT2D eigenvalue weighted by atomic mass is 10.1. The van der Waals surface area contributed by atoms with Gasteiger partial charge < -0.3 is 10.1 Å². The van der Waals surface area contributed by atoms with Crippen molar-refractivity contribution in [3.05, 3.63) is 64.4 Å². The molecule has 6 heteroatoms. The van der Waals surface area contributed by atoms with Crippen LogP contribution < -0.4 is 10.1 Å². The van der Waals surface area contributed by atoms with E-state index < -0.39 is 12.4 Å². The molecule has 0 aliphatic rings. The van der Waals surface area contributed by atoms with Gasteiger partial charge in [0.25, 0.3) is 0 Å². The average Bonchev–Trinajstić information content (AvgIpc) is 2.48. The normalized spacial score (nSPS) is 12.5. The van der Waals surface area contributed by atoms with E-state index in [9.17, 15) is 13.2 Å². The summed E-state index contributed by atoms with van der Waals surface area (Å²) in [6, 6.07) is 10.9. The van der Waals surface area contributed by atoms with Crippen LogP contribution >= 0.6 is 11.6 Å². The van der Waals surface area contributed by atoms with Gasteiger partial charge in [0.2, 0.25) is 0 Å². The third kappa shape index (κ3) is 4.39. The van der Waals surface area contributed by atoms with Crippen molar-refractivity contribution in [2.75, 3.05) is 0 Å². The zero-order valence-electron chi connectivity index (χ0n) is 11.8. The van der Waals surface area contributed by atoms with Gasteiger partial charge in [0.1, 0.15) is 11.6 Å². The second kappa shape index (κ2) is 7.51. The number of alkyl halides is 2. The Kier molecular flexibility index (Phi) is 5.69. The Morgan fingerprint density at radius 3 is 2.59 bits per heavy atom. The molecule has 0 aliphatic carbocycles. The zero-order chi connectivity index (χ0) is 16.1. The molecule has 1 unspecified atom stereocenters. The van der Waals surface area contributed by atoms with Crippen LogP contribution in [0, 0.1) is 5.82 Å². The summed E-state index contributed by atoms with van der Waals surface area (Å²) in [6.45, 7) is -0.659. The van der Waals surface area contributed by atoms with Crippen LogP contribution in [0.4, 0.5) is 13.2 Å². The lowest BCUT2D eigenvalue weighted by Crippen LogP contribution is -2.19. The van der Waals surface area contributed by atoms with Crippen LogP contribution in [0.15, 0.2) is 42.5 Å². The van der Waals surface area contributed by atoms with Crippen LogP contribution in [0.5, 0.6) is 5.75 Å². The Morgan fingerprint density at radius 1 is 1.18 bits per heavy atom. The molecule has 1 atom stereocenters. The van der Waals surface area contributed by atoms with Crippen molar-refractivity contribution in [1.29, 1.82) is 0 Å². The molecule has 2 nitrogen and oxygen atoms in total. The molecular formula is C16H15ClF3NO. The van der Waals surface area contributed by atoms with E-state index in [4.69, 9.17) is 11.6 Å². The van der Waals surface area contributed by atoms with Crippen LogP contribution in [0.2, 0.25) is 5.02 Å². The first-order valence-corrected chi connectivity index (χ1v) is 7.06. The average molecular weight is 330 g/mol. The molecule has 0 aromatic heterocycles. The third-order valence-electron chi connectivity index (χ3n) is 3.23. The van der Waals surface area contributed by atoms with Gasteiger partial charge in [0, 0.05) is 18.2 Å². The van der Waals surface area contributed by atoms with E-state index in [1.807, 2.05) is 6.92 Å². The number of nitrogens with one attached hydrogen (secondary N) is 1. The number of ether oxygens (including phenoxy) is 1. The van der Waals surface area contributed by atoms with Crippen molar-refractivity contribution in [2.45, 2.75) is 26.1 Å². The summed E-state index contributed by atoms with van der Waals surface area (Å²) in [5.74, 6) is -0.345. The van der Waals surface area contributed by atoms with Crippen molar-refractivity contribution in [3.8, 4) is 5.75 Å². The number of rotatable bonds is 6. The molecule has 0 spiro atoms. The maximum atomic E-state index is 13.1. The summed E-state index contributed by atoms with van der Waals surface area (Å²) < 4.78 is 42.3. The van der Waals surface area contributed by atoms with E-state index in [2.05, 4.69) is 10.1 Å². The number of para-hydroxylation sites is 1. The van der Waals surface area contributed by atoms with Crippen LogP contribution in [-0.2, 0) is 6.54 Å². The van der Waals surface area contributed by atoms with E-state index in [-0.39, 0.29) is 16.8 Å². The van der Waals surface area contributed by atoms with Gasteiger partial charge in [-0.05, 0) is 30.7 Å². The highest BCUT2D eigenvalue weighted by molar-refractivity contribution is 6.30. The minimum Gasteiger partial charge on any atom is -0.434 e. The highest BCUT2D eigenvalue weighted by Gasteiger charge is 2.11. The van der Waals surface area contributed by atoms with Crippen molar-refractivity contribution in [1.82, 2.24) is 5.32 Å². The van der Waals surface area contributed by atoms with Crippen LogP contribution in [-0.4, -0.2) is 6.61 Å². The molecule has 0 amide bonds. The van der Waals surface area contributed by atoms with E-state index >= 15 is 0 Å². The molecular weight excluding hydrogens is 315 g/mol. The van der Waals surface area contributed by atoms with Gasteiger partial charge in [-0.2, -0.15) is 8.78 Å². The predicted molar refractivity (Wildman–Crippen MR) is 79.7 cm³/mol. The Hall–Kier alpha value is -1.72. The molecule has 118 valence electrons. The molecule has 2 aromatic carbocycles. The molecule has 0 saturated carbocycles. The van der Waals surface area contributed by atoms with Crippen LogP contribution in [0.3, 0.4) is 0 Å². The molecule has 0 heterocycles. The van der Waals surface area contributed by atoms with Gasteiger partial charge in [0.05, 0.1) is 5.02 Å². The second-order valence-electron chi connectivity index (χ2n) is 4.76. The predicted octanol–water partition coefficient (Wildman–Crippen LogP) is 4.93. The Bertz CT molecular complexity index is 637. The lowest BCUT2D eigenvalue weighted by molar-refractivity contribution is -0.0505. The summed E-state index contributed by atoms with van der Waals surface area (Å²) in [5.41, 5.74) is 1.42. The fourth-order valence-corrected chi connectivity index (χ4v) is 2.21. The molecule has 2 aromatic rings. The van der Waals surface area contributed by atoms with Gasteiger partial charge in [-0.15, -0.1) is 0 Å². The SMILES string of the molecule is CC(NCc1ccccc1OC(F)F)c1ccc(F)c(Cl)c1. The summed E-state index contributed by atoms with van der Waals surface area (Å²) in [5, 5.41) is 3.22. The Labute approximate surface area is 131 Å². The summed E-state index contributed by atoms with van der Waals surface area (Å²) >= 11 is 5.75. The van der Waals surface area contributed by atoms with E-state index in [1.165, 1.54) is 18.2 Å². The molecule has 2 rings (SSSR count). The summed E-state index contributed by atoms with van der Waals surface area (Å²) in [6.07, 6.45) is 0. The van der Waals surface area contributed by atoms with Gasteiger partial charge in [-0.3, -0.25) is 0 Å². The van der Waals surface area contributed by atoms with Crippen molar-refractivity contribution < 1.29 is 17.9 Å². The zero-order valence-corrected chi connectivity index (χ0v) is 12.6. The largest absolute Gasteiger partial charge is 0.434 e. The minimum atomic E-state index is -2.87. The van der Waals surface area contributed by atoms with E-state index in [0.29, 0.717) is 12.1 Å². The lowest BCUT2D eigenvalue weighted by Gasteiger charge is -2.16. The number of benzene rings is 2. The molecule has 1 N–H and O–H groups in total. The van der Waals surface area contributed by atoms with Crippen molar-refractivity contribution in [3.63, 3.8) is 0 Å². The molecule has 0 aliphatic heterocycles. The first-order valence-electron chi connectivity index (χ1n) is 6.68. The van der Waals surface area contributed by atoms with E-state index in [1.54, 1.807) is 24.3 Å². The van der Waals surface area contributed by atoms with E-state index in [0.717, 1.165) is 5.56 Å².